The summed E-state index contributed by atoms with van der Waals surface area (Å²) in [5, 5.41) is 0. The summed E-state index contributed by atoms with van der Waals surface area (Å²) in [5.41, 5.74) is 2.18. The molecule has 18 heavy (non-hydrogen) atoms. The van der Waals surface area contributed by atoms with E-state index >= 15 is 0 Å². The van der Waals surface area contributed by atoms with Crippen LogP contribution in [0.1, 0.15) is 6.92 Å². The first-order valence-electron chi connectivity index (χ1n) is 6.30. The zero-order chi connectivity index (χ0) is 13.4. The third-order valence-electron chi connectivity index (χ3n) is 2.95. The smallest absolute Gasteiger partial charge is 0.0952 e. The molecule has 2 nitrogen and oxygen atoms in total. The Hall–Kier alpha value is -1.38. The fourth-order valence-electron chi connectivity index (χ4n) is 1.91. The number of rotatable bonds is 6. The van der Waals surface area contributed by atoms with Gasteiger partial charge in [-0.2, -0.15) is 0 Å². The van der Waals surface area contributed by atoms with Crippen LogP contribution in [0.5, 0.6) is 0 Å². The van der Waals surface area contributed by atoms with Gasteiger partial charge in [-0.1, -0.05) is 50.1 Å². The molecule has 0 aromatic rings. The highest BCUT2D eigenvalue weighted by atomic mass is 16.5. The van der Waals surface area contributed by atoms with E-state index in [9.17, 15) is 0 Å². The number of ether oxygens (including phenoxy) is 1. The largest absolute Gasteiger partial charge is 0.371 e. The molecular weight excluding hydrogens is 222 g/mol. The van der Waals surface area contributed by atoms with E-state index in [0.717, 1.165) is 37.4 Å². The predicted octanol–water partition coefficient (Wildman–Crippen LogP) is 3.12. The van der Waals surface area contributed by atoms with Crippen molar-refractivity contribution in [1.29, 1.82) is 0 Å². The van der Waals surface area contributed by atoms with Gasteiger partial charge in [0, 0.05) is 19.6 Å². The first kappa shape index (κ1) is 14.7. The van der Waals surface area contributed by atoms with Crippen molar-refractivity contribution < 1.29 is 4.74 Å². The number of hydrogen-bond donors (Lipinski definition) is 0. The van der Waals surface area contributed by atoms with Crippen LogP contribution in [0.15, 0.2) is 61.3 Å². The van der Waals surface area contributed by atoms with Gasteiger partial charge in [0.1, 0.15) is 0 Å². The van der Waals surface area contributed by atoms with E-state index < -0.39 is 0 Å². The van der Waals surface area contributed by atoms with Crippen molar-refractivity contribution >= 4 is 0 Å². The average molecular weight is 245 g/mol. The molecule has 0 saturated carbocycles. The molecule has 0 bridgehead atoms. The topological polar surface area (TPSA) is 12.5 Å². The zero-order valence-corrected chi connectivity index (χ0v) is 11.3. The molecule has 2 heteroatoms. The minimum absolute atomic E-state index is 0.102. The maximum absolute atomic E-state index is 5.80. The van der Waals surface area contributed by atoms with Crippen LogP contribution in [-0.4, -0.2) is 37.2 Å². The summed E-state index contributed by atoms with van der Waals surface area (Å²) in [6.07, 6.45) is 9.87. The molecule has 0 N–H and O–H groups in total. The van der Waals surface area contributed by atoms with Gasteiger partial charge in [0.05, 0.1) is 12.7 Å². The van der Waals surface area contributed by atoms with Gasteiger partial charge in [-0.05, 0) is 18.1 Å². The number of hydrogen-bond acceptors (Lipinski definition) is 2. The Morgan fingerprint density at radius 2 is 2.17 bits per heavy atom. The Morgan fingerprint density at radius 1 is 1.39 bits per heavy atom. The van der Waals surface area contributed by atoms with Crippen LogP contribution in [0.3, 0.4) is 0 Å². The summed E-state index contributed by atoms with van der Waals surface area (Å²) >= 11 is 0. The summed E-state index contributed by atoms with van der Waals surface area (Å²) in [5.74, 6) is 0. The third-order valence-corrected chi connectivity index (χ3v) is 2.95. The Kier molecular flexibility index (Phi) is 6.40. The highest BCUT2D eigenvalue weighted by Crippen LogP contribution is 2.15. The van der Waals surface area contributed by atoms with E-state index in [2.05, 4.69) is 30.7 Å². The molecule has 98 valence electrons. The van der Waals surface area contributed by atoms with Gasteiger partial charge in [-0.25, -0.2) is 0 Å². The van der Waals surface area contributed by atoms with E-state index in [1.807, 2.05) is 31.2 Å². The molecule has 0 radical (unpaired) electrons. The second-order valence-electron chi connectivity index (χ2n) is 4.35. The SMILES string of the molecule is C=CC(=C)CN1CCO[C@@H](/C(C=C)=C/C=C\C)C1. The lowest BCUT2D eigenvalue weighted by Crippen LogP contribution is -2.43. The van der Waals surface area contributed by atoms with E-state index in [1.54, 1.807) is 0 Å². The van der Waals surface area contributed by atoms with Crippen LogP contribution in [0.4, 0.5) is 0 Å². The molecular formula is C16H23NO. The van der Waals surface area contributed by atoms with Gasteiger partial charge in [-0.3, -0.25) is 4.90 Å². The number of nitrogens with zero attached hydrogens (tertiary/aromatic N) is 1. The molecule has 0 aliphatic carbocycles. The van der Waals surface area contributed by atoms with Crippen molar-refractivity contribution in [3.8, 4) is 0 Å². The molecule has 0 unspecified atom stereocenters. The van der Waals surface area contributed by atoms with Crippen LogP contribution in [-0.2, 0) is 4.74 Å². The van der Waals surface area contributed by atoms with E-state index in [0.29, 0.717) is 0 Å². The van der Waals surface area contributed by atoms with Crippen molar-refractivity contribution in [3.05, 3.63) is 61.3 Å². The Labute approximate surface area is 111 Å². The van der Waals surface area contributed by atoms with E-state index in [-0.39, 0.29) is 6.10 Å². The number of allylic oxidation sites excluding steroid dienone is 3. The van der Waals surface area contributed by atoms with Crippen LogP contribution in [0.2, 0.25) is 0 Å². The quantitative estimate of drug-likeness (QED) is 0.667. The van der Waals surface area contributed by atoms with Crippen molar-refractivity contribution in [3.63, 3.8) is 0 Å². The predicted molar refractivity (Wildman–Crippen MR) is 78.6 cm³/mol. The van der Waals surface area contributed by atoms with Gasteiger partial charge < -0.3 is 4.74 Å². The monoisotopic (exact) mass is 245 g/mol. The van der Waals surface area contributed by atoms with Crippen molar-refractivity contribution in [2.24, 2.45) is 0 Å². The first-order chi connectivity index (χ1) is 8.71. The Bertz CT molecular complexity index is 365. The fourth-order valence-corrected chi connectivity index (χ4v) is 1.91. The van der Waals surface area contributed by atoms with Gasteiger partial charge in [0.2, 0.25) is 0 Å². The second-order valence-corrected chi connectivity index (χ2v) is 4.35. The van der Waals surface area contributed by atoms with Crippen molar-refractivity contribution in [1.82, 2.24) is 4.90 Å². The average Bonchev–Trinajstić information content (AvgIpc) is 2.40. The molecule has 1 atom stereocenters. The minimum atomic E-state index is 0.102. The molecule has 0 aromatic heterocycles. The lowest BCUT2D eigenvalue weighted by Gasteiger charge is -2.33. The van der Waals surface area contributed by atoms with Crippen molar-refractivity contribution in [2.75, 3.05) is 26.2 Å². The van der Waals surface area contributed by atoms with Crippen LogP contribution in [0, 0.1) is 0 Å². The maximum Gasteiger partial charge on any atom is 0.0952 e. The summed E-state index contributed by atoms with van der Waals surface area (Å²) in [6, 6.07) is 0. The lowest BCUT2D eigenvalue weighted by atomic mass is 10.1. The molecule has 1 saturated heterocycles. The normalized spacial score (nSPS) is 22.1. The van der Waals surface area contributed by atoms with Crippen LogP contribution in [0.25, 0.3) is 0 Å². The third kappa shape index (κ3) is 4.47. The van der Waals surface area contributed by atoms with Gasteiger partial charge in [0.15, 0.2) is 0 Å². The van der Waals surface area contributed by atoms with Crippen molar-refractivity contribution in [2.45, 2.75) is 13.0 Å². The molecule has 0 amide bonds. The fraction of sp³-hybridized carbons (Fsp3) is 0.375. The van der Waals surface area contributed by atoms with Gasteiger partial charge in [0.25, 0.3) is 0 Å². The summed E-state index contributed by atoms with van der Waals surface area (Å²) in [4.78, 5) is 2.34. The lowest BCUT2D eigenvalue weighted by molar-refractivity contribution is -0.00361. The van der Waals surface area contributed by atoms with Crippen LogP contribution >= 0.6 is 0 Å². The molecule has 0 aromatic carbocycles. The Balaban J connectivity index is 2.64. The molecule has 1 aliphatic rings. The summed E-state index contributed by atoms with van der Waals surface area (Å²) < 4.78 is 5.80. The zero-order valence-electron chi connectivity index (χ0n) is 11.3. The molecule has 1 aliphatic heterocycles. The van der Waals surface area contributed by atoms with Gasteiger partial charge >= 0.3 is 0 Å². The summed E-state index contributed by atoms with van der Waals surface area (Å²) in [7, 11) is 0. The second kappa shape index (κ2) is 7.85. The van der Waals surface area contributed by atoms with Gasteiger partial charge in [-0.15, -0.1) is 0 Å². The molecule has 1 heterocycles. The molecule has 1 rings (SSSR count). The minimum Gasteiger partial charge on any atom is -0.371 e. The van der Waals surface area contributed by atoms with E-state index in [1.165, 1.54) is 0 Å². The highest BCUT2D eigenvalue weighted by Gasteiger charge is 2.21. The van der Waals surface area contributed by atoms with Crippen LogP contribution < -0.4 is 0 Å². The van der Waals surface area contributed by atoms with E-state index in [4.69, 9.17) is 4.74 Å². The standard InChI is InChI=1S/C16H23NO/c1-5-8-9-15(7-3)16-13-17(10-11-18-16)12-14(4)6-2/h5-9,16H,2-4,10-13H2,1H3/b8-5-,15-9+/t16-/m1/s1. The molecule has 1 fully saturated rings. The number of morpholine rings is 1. The Morgan fingerprint density at radius 3 is 2.78 bits per heavy atom. The maximum atomic E-state index is 5.80. The first-order valence-corrected chi connectivity index (χ1v) is 6.30. The highest BCUT2D eigenvalue weighted by molar-refractivity contribution is 5.27. The molecule has 0 spiro atoms. The summed E-state index contributed by atoms with van der Waals surface area (Å²) in [6.45, 7) is 17.0.